The Labute approximate surface area is 161 Å². The number of amides is 1. The highest BCUT2D eigenvalue weighted by molar-refractivity contribution is 5.75. The van der Waals surface area contributed by atoms with Gasteiger partial charge in [0.05, 0.1) is 0 Å². The SMILES string of the molecule is [CH2]CCCCCCCCCC(=O)NCCCCCCCCCCC(=O)O. The molecule has 4 heteroatoms. The number of nitrogens with one attached hydrogen (secondary N) is 1. The molecule has 4 nitrogen and oxygen atoms in total. The Morgan fingerprint density at radius 1 is 0.615 bits per heavy atom. The Balaban J connectivity index is 3.16. The van der Waals surface area contributed by atoms with Crippen LogP contribution in [-0.2, 0) is 9.59 Å². The molecule has 1 radical (unpaired) electrons. The first-order chi connectivity index (χ1) is 12.7. The Morgan fingerprint density at radius 3 is 1.54 bits per heavy atom. The van der Waals surface area contributed by atoms with Crippen LogP contribution in [0.4, 0.5) is 0 Å². The second-order valence-corrected chi connectivity index (χ2v) is 7.40. The fraction of sp³-hybridized carbons (Fsp3) is 0.864. The van der Waals surface area contributed by atoms with E-state index in [1.54, 1.807) is 0 Å². The maximum absolute atomic E-state index is 11.7. The van der Waals surface area contributed by atoms with Crippen LogP contribution < -0.4 is 5.32 Å². The van der Waals surface area contributed by atoms with E-state index in [2.05, 4.69) is 12.2 Å². The summed E-state index contributed by atoms with van der Waals surface area (Å²) in [5.74, 6) is -0.479. The van der Waals surface area contributed by atoms with E-state index in [0.29, 0.717) is 12.8 Å². The lowest BCUT2D eigenvalue weighted by molar-refractivity contribution is -0.137. The van der Waals surface area contributed by atoms with Gasteiger partial charge in [-0.25, -0.2) is 0 Å². The van der Waals surface area contributed by atoms with E-state index in [0.717, 1.165) is 45.1 Å². The number of aliphatic carboxylic acids is 1. The zero-order chi connectivity index (χ0) is 19.3. The summed E-state index contributed by atoms with van der Waals surface area (Å²) in [5.41, 5.74) is 0. The zero-order valence-corrected chi connectivity index (χ0v) is 16.9. The van der Waals surface area contributed by atoms with Crippen LogP contribution in [-0.4, -0.2) is 23.5 Å². The molecule has 0 bridgehead atoms. The average molecular weight is 369 g/mol. The molecule has 0 aliphatic heterocycles. The van der Waals surface area contributed by atoms with E-state index in [4.69, 9.17) is 5.11 Å². The maximum atomic E-state index is 11.7. The Bertz CT molecular complexity index is 331. The van der Waals surface area contributed by atoms with Gasteiger partial charge < -0.3 is 10.4 Å². The largest absolute Gasteiger partial charge is 0.481 e. The summed E-state index contributed by atoms with van der Waals surface area (Å²) in [7, 11) is 0. The molecule has 0 saturated heterocycles. The number of rotatable bonds is 20. The van der Waals surface area contributed by atoms with E-state index in [9.17, 15) is 9.59 Å². The molecule has 153 valence electrons. The van der Waals surface area contributed by atoms with Crippen molar-refractivity contribution in [2.45, 2.75) is 116 Å². The number of carbonyl (C=O) groups excluding carboxylic acids is 1. The van der Waals surface area contributed by atoms with Crippen LogP contribution in [0, 0.1) is 6.92 Å². The normalized spacial score (nSPS) is 10.8. The molecule has 0 aromatic rings. The van der Waals surface area contributed by atoms with Crippen molar-refractivity contribution in [2.24, 2.45) is 0 Å². The molecule has 1 amide bonds. The molecule has 0 saturated carbocycles. The smallest absolute Gasteiger partial charge is 0.303 e. The van der Waals surface area contributed by atoms with Gasteiger partial charge in [-0.15, -0.1) is 0 Å². The highest BCUT2D eigenvalue weighted by Crippen LogP contribution is 2.10. The Morgan fingerprint density at radius 2 is 1.04 bits per heavy atom. The molecule has 0 aliphatic carbocycles. The average Bonchev–Trinajstić information content (AvgIpc) is 2.61. The zero-order valence-electron chi connectivity index (χ0n) is 16.9. The van der Waals surface area contributed by atoms with Crippen LogP contribution in [0.3, 0.4) is 0 Å². The Hall–Kier alpha value is -1.06. The second-order valence-electron chi connectivity index (χ2n) is 7.40. The van der Waals surface area contributed by atoms with Gasteiger partial charge in [0.25, 0.3) is 0 Å². The van der Waals surface area contributed by atoms with E-state index in [1.165, 1.54) is 64.2 Å². The lowest BCUT2D eigenvalue weighted by Gasteiger charge is -2.06. The van der Waals surface area contributed by atoms with E-state index in [-0.39, 0.29) is 5.91 Å². The highest BCUT2D eigenvalue weighted by Gasteiger charge is 2.01. The standard InChI is InChI=1S/C22H42NO3/c1-2-3-4-5-6-9-12-15-18-21(24)23-20-17-14-11-8-7-10-13-16-19-22(25)26/h1-20H2,(H,23,24)(H,25,26). The molecule has 0 rings (SSSR count). The molecular weight excluding hydrogens is 326 g/mol. The van der Waals surface area contributed by atoms with Crippen LogP contribution >= 0.6 is 0 Å². The summed E-state index contributed by atoms with van der Waals surface area (Å²) in [6, 6.07) is 0. The van der Waals surface area contributed by atoms with Gasteiger partial charge in [0.1, 0.15) is 0 Å². The first kappa shape index (κ1) is 24.9. The number of carboxylic acids is 1. The van der Waals surface area contributed by atoms with Crippen LogP contribution in [0.25, 0.3) is 0 Å². The van der Waals surface area contributed by atoms with Crippen molar-refractivity contribution < 1.29 is 14.7 Å². The van der Waals surface area contributed by atoms with Gasteiger partial charge in [-0.2, -0.15) is 0 Å². The molecule has 2 N–H and O–H groups in total. The molecule has 0 atom stereocenters. The minimum atomic E-state index is -0.688. The minimum Gasteiger partial charge on any atom is -0.481 e. The number of hydrogen-bond acceptors (Lipinski definition) is 2. The van der Waals surface area contributed by atoms with Crippen molar-refractivity contribution >= 4 is 11.9 Å². The first-order valence-corrected chi connectivity index (χ1v) is 10.9. The van der Waals surface area contributed by atoms with Gasteiger partial charge in [-0.1, -0.05) is 90.4 Å². The summed E-state index contributed by atoms with van der Waals surface area (Å²) < 4.78 is 0. The van der Waals surface area contributed by atoms with Crippen molar-refractivity contribution in [3.8, 4) is 0 Å². The fourth-order valence-electron chi connectivity index (χ4n) is 3.12. The van der Waals surface area contributed by atoms with Crippen molar-refractivity contribution in [1.29, 1.82) is 0 Å². The third kappa shape index (κ3) is 21.0. The molecule has 0 heterocycles. The predicted molar refractivity (Wildman–Crippen MR) is 109 cm³/mol. The van der Waals surface area contributed by atoms with Crippen LogP contribution in [0.5, 0.6) is 0 Å². The summed E-state index contributed by atoms with van der Waals surface area (Å²) in [6.07, 6.45) is 19.4. The molecule has 0 spiro atoms. The molecule has 0 unspecified atom stereocenters. The first-order valence-electron chi connectivity index (χ1n) is 10.9. The highest BCUT2D eigenvalue weighted by atomic mass is 16.4. The topological polar surface area (TPSA) is 66.4 Å². The summed E-state index contributed by atoms with van der Waals surface area (Å²) >= 11 is 0. The van der Waals surface area contributed by atoms with Crippen molar-refractivity contribution in [2.75, 3.05) is 6.54 Å². The monoisotopic (exact) mass is 368 g/mol. The van der Waals surface area contributed by atoms with Crippen LogP contribution in [0.15, 0.2) is 0 Å². The molecule has 26 heavy (non-hydrogen) atoms. The molecule has 0 aromatic heterocycles. The van der Waals surface area contributed by atoms with Crippen molar-refractivity contribution in [3.05, 3.63) is 6.92 Å². The molecular formula is C22H42NO3. The summed E-state index contributed by atoms with van der Waals surface area (Å²) in [5, 5.41) is 11.6. The van der Waals surface area contributed by atoms with E-state index < -0.39 is 5.97 Å². The van der Waals surface area contributed by atoms with Crippen LogP contribution in [0.1, 0.15) is 116 Å². The third-order valence-electron chi connectivity index (χ3n) is 4.79. The van der Waals surface area contributed by atoms with Gasteiger partial charge in [0.15, 0.2) is 0 Å². The van der Waals surface area contributed by atoms with Gasteiger partial charge in [-0.05, 0) is 19.3 Å². The van der Waals surface area contributed by atoms with Gasteiger partial charge in [-0.3, -0.25) is 9.59 Å². The predicted octanol–water partition coefficient (Wildman–Crippen LogP) is 6.04. The number of unbranched alkanes of at least 4 members (excludes halogenated alkanes) is 14. The second kappa shape index (κ2) is 20.3. The summed E-state index contributed by atoms with van der Waals surface area (Å²) in [6.45, 7) is 4.66. The summed E-state index contributed by atoms with van der Waals surface area (Å²) in [4.78, 5) is 22.1. The van der Waals surface area contributed by atoms with Gasteiger partial charge in [0.2, 0.25) is 5.91 Å². The maximum Gasteiger partial charge on any atom is 0.303 e. The van der Waals surface area contributed by atoms with Gasteiger partial charge in [0, 0.05) is 19.4 Å². The molecule has 0 aliphatic rings. The lowest BCUT2D eigenvalue weighted by atomic mass is 10.1. The fourth-order valence-corrected chi connectivity index (χ4v) is 3.12. The van der Waals surface area contributed by atoms with Crippen LogP contribution in [0.2, 0.25) is 0 Å². The van der Waals surface area contributed by atoms with E-state index >= 15 is 0 Å². The van der Waals surface area contributed by atoms with Crippen molar-refractivity contribution in [1.82, 2.24) is 5.32 Å². The molecule has 0 aromatic carbocycles. The van der Waals surface area contributed by atoms with Gasteiger partial charge >= 0.3 is 5.97 Å². The number of hydrogen-bond donors (Lipinski definition) is 2. The lowest BCUT2D eigenvalue weighted by Crippen LogP contribution is -2.23. The van der Waals surface area contributed by atoms with Crippen molar-refractivity contribution in [3.63, 3.8) is 0 Å². The number of carboxylic acid groups (broad SMARTS) is 1. The number of carbonyl (C=O) groups is 2. The minimum absolute atomic E-state index is 0.209. The third-order valence-corrected chi connectivity index (χ3v) is 4.79. The van der Waals surface area contributed by atoms with E-state index in [1.807, 2.05) is 0 Å². The quantitative estimate of drug-likeness (QED) is 0.257. The Kier molecular flexibility index (Phi) is 19.4. The molecule has 0 fully saturated rings.